The van der Waals surface area contributed by atoms with Crippen molar-refractivity contribution in [2.24, 2.45) is 0 Å². The highest BCUT2D eigenvalue weighted by molar-refractivity contribution is 7.08. The maximum atomic E-state index is 11.9. The van der Waals surface area contributed by atoms with Crippen LogP contribution in [0, 0.1) is 0 Å². The largest absolute Gasteiger partial charge is 0.454 e. The van der Waals surface area contributed by atoms with E-state index in [2.05, 4.69) is 9.97 Å². The number of esters is 1. The summed E-state index contributed by atoms with van der Waals surface area (Å²) in [7, 11) is 0. The number of rotatable bonds is 3. The highest BCUT2D eigenvalue weighted by Crippen LogP contribution is 2.15. The molecule has 3 rings (SSSR count). The Bertz CT molecular complexity index is 858. The van der Waals surface area contributed by atoms with Crippen LogP contribution in [0.2, 0.25) is 5.02 Å². The molecule has 0 unspecified atom stereocenters. The van der Waals surface area contributed by atoms with E-state index in [-0.39, 0.29) is 12.2 Å². The van der Waals surface area contributed by atoms with Crippen LogP contribution in [0.3, 0.4) is 0 Å². The van der Waals surface area contributed by atoms with Crippen LogP contribution in [-0.2, 0) is 11.3 Å². The van der Waals surface area contributed by atoms with Gasteiger partial charge in [0.25, 0.3) is 5.56 Å². The zero-order chi connectivity index (χ0) is 14.8. The van der Waals surface area contributed by atoms with Crippen molar-refractivity contribution in [2.75, 3.05) is 0 Å². The molecule has 0 radical (unpaired) electrons. The molecular weight excluding hydrogens is 312 g/mol. The molecule has 0 aliphatic carbocycles. The van der Waals surface area contributed by atoms with Crippen molar-refractivity contribution in [3.63, 3.8) is 0 Å². The first-order chi connectivity index (χ1) is 10.1. The van der Waals surface area contributed by atoms with Gasteiger partial charge in [0.15, 0.2) is 0 Å². The standard InChI is InChI=1S/C14H9ClN2O3S/c15-9-1-2-11-10(5-9)13(18)17-12(16-11)6-20-14(19)8-3-4-21-7-8/h1-5,7H,6H2,(H,16,17,18). The molecule has 0 saturated carbocycles. The normalized spacial score (nSPS) is 10.7. The lowest BCUT2D eigenvalue weighted by Crippen LogP contribution is -2.14. The molecule has 0 bridgehead atoms. The average molecular weight is 321 g/mol. The molecule has 0 aliphatic heterocycles. The summed E-state index contributed by atoms with van der Waals surface area (Å²) < 4.78 is 5.11. The Kier molecular flexibility index (Phi) is 3.72. The maximum Gasteiger partial charge on any atom is 0.339 e. The number of H-pyrrole nitrogens is 1. The number of carbonyl (C=O) groups excluding carboxylic acids is 1. The number of fused-ring (bicyclic) bond motifs is 1. The molecule has 2 aromatic heterocycles. The minimum atomic E-state index is -0.449. The van der Waals surface area contributed by atoms with E-state index in [0.717, 1.165) is 0 Å². The average Bonchev–Trinajstić information content (AvgIpc) is 3.00. The molecule has 0 atom stereocenters. The van der Waals surface area contributed by atoms with Crippen LogP contribution in [0.5, 0.6) is 0 Å². The molecule has 0 aliphatic rings. The Morgan fingerprint density at radius 3 is 3.00 bits per heavy atom. The number of thiophene rings is 1. The van der Waals surface area contributed by atoms with Crippen LogP contribution in [0.4, 0.5) is 0 Å². The van der Waals surface area contributed by atoms with Crippen molar-refractivity contribution in [3.8, 4) is 0 Å². The third-order valence-corrected chi connectivity index (χ3v) is 3.73. The Morgan fingerprint density at radius 1 is 1.38 bits per heavy atom. The lowest BCUT2D eigenvalue weighted by atomic mass is 10.2. The summed E-state index contributed by atoms with van der Waals surface area (Å²) in [5, 5.41) is 4.35. The highest BCUT2D eigenvalue weighted by atomic mass is 35.5. The van der Waals surface area contributed by atoms with Crippen molar-refractivity contribution >= 4 is 39.8 Å². The van der Waals surface area contributed by atoms with E-state index in [9.17, 15) is 9.59 Å². The number of aromatic nitrogens is 2. The Hall–Kier alpha value is -2.18. The molecule has 5 nitrogen and oxygen atoms in total. The fourth-order valence-corrected chi connectivity index (χ4v) is 2.62. The minimum Gasteiger partial charge on any atom is -0.454 e. The minimum absolute atomic E-state index is 0.0948. The SMILES string of the molecule is O=C(OCc1nc2ccc(Cl)cc2c(=O)[nH]1)c1ccsc1. The molecule has 2 heterocycles. The summed E-state index contributed by atoms with van der Waals surface area (Å²) in [6.07, 6.45) is 0. The summed E-state index contributed by atoms with van der Waals surface area (Å²) in [4.78, 5) is 30.5. The molecule has 0 spiro atoms. The summed E-state index contributed by atoms with van der Waals surface area (Å²) in [6, 6.07) is 6.52. The predicted octanol–water partition coefficient (Wildman–Crippen LogP) is 3.00. The molecule has 0 amide bonds. The first-order valence-electron chi connectivity index (χ1n) is 6.01. The van der Waals surface area contributed by atoms with E-state index in [0.29, 0.717) is 27.3 Å². The molecule has 0 fully saturated rings. The Balaban J connectivity index is 1.83. The Labute approximate surface area is 128 Å². The smallest absolute Gasteiger partial charge is 0.339 e. The summed E-state index contributed by atoms with van der Waals surface area (Å²) >= 11 is 7.25. The van der Waals surface area contributed by atoms with Crippen molar-refractivity contribution in [2.45, 2.75) is 6.61 Å². The van der Waals surface area contributed by atoms with E-state index in [1.165, 1.54) is 11.3 Å². The highest BCUT2D eigenvalue weighted by Gasteiger charge is 2.10. The number of nitrogens with one attached hydrogen (secondary N) is 1. The number of carbonyl (C=O) groups is 1. The number of aromatic amines is 1. The van der Waals surface area contributed by atoms with E-state index in [1.54, 1.807) is 35.0 Å². The number of halogens is 1. The van der Waals surface area contributed by atoms with E-state index >= 15 is 0 Å². The van der Waals surface area contributed by atoms with E-state index < -0.39 is 5.97 Å². The van der Waals surface area contributed by atoms with Gasteiger partial charge in [0, 0.05) is 10.4 Å². The molecule has 7 heteroatoms. The van der Waals surface area contributed by atoms with Gasteiger partial charge in [0.2, 0.25) is 0 Å². The zero-order valence-electron chi connectivity index (χ0n) is 10.6. The van der Waals surface area contributed by atoms with Crippen molar-refractivity contribution in [3.05, 3.63) is 61.8 Å². The molecule has 1 aromatic carbocycles. The summed E-state index contributed by atoms with van der Waals surface area (Å²) in [5.74, 6) is -0.159. The first-order valence-corrected chi connectivity index (χ1v) is 7.33. The second-order valence-electron chi connectivity index (χ2n) is 4.26. The number of benzene rings is 1. The van der Waals surface area contributed by atoms with Crippen molar-refractivity contribution in [1.82, 2.24) is 9.97 Å². The summed E-state index contributed by atoms with van der Waals surface area (Å²) in [6.45, 7) is -0.0948. The number of nitrogens with zero attached hydrogens (tertiary/aromatic N) is 1. The fourth-order valence-electron chi connectivity index (χ4n) is 1.83. The first kappa shape index (κ1) is 13.8. The molecular formula is C14H9ClN2O3S. The second-order valence-corrected chi connectivity index (χ2v) is 5.48. The number of hydrogen-bond acceptors (Lipinski definition) is 5. The van der Waals surface area contributed by atoms with E-state index in [1.807, 2.05) is 0 Å². The van der Waals surface area contributed by atoms with Crippen molar-refractivity contribution in [1.29, 1.82) is 0 Å². The van der Waals surface area contributed by atoms with Gasteiger partial charge >= 0.3 is 5.97 Å². The lowest BCUT2D eigenvalue weighted by Gasteiger charge is -2.04. The van der Waals surface area contributed by atoms with Gasteiger partial charge in [-0.25, -0.2) is 9.78 Å². The predicted molar refractivity (Wildman–Crippen MR) is 80.8 cm³/mol. The third kappa shape index (κ3) is 2.96. The zero-order valence-corrected chi connectivity index (χ0v) is 12.2. The fraction of sp³-hybridized carbons (Fsp3) is 0.0714. The second kappa shape index (κ2) is 5.67. The number of hydrogen-bond donors (Lipinski definition) is 1. The van der Waals surface area contributed by atoms with Crippen LogP contribution >= 0.6 is 22.9 Å². The van der Waals surface area contributed by atoms with Crippen LogP contribution in [-0.4, -0.2) is 15.9 Å². The van der Waals surface area contributed by atoms with Gasteiger partial charge in [0.05, 0.1) is 16.5 Å². The molecule has 1 N–H and O–H groups in total. The lowest BCUT2D eigenvalue weighted by molar-refractivity contribution is 0.0463. The quantitative estimate of drug-likeness (QED) is 0.753. The molecule has 21 heavy (non-hydrogen) atoms. The summed E-state index contributed by atoms with van der Waals surface area (Å²) in [5.41, 5.74) is 0.670. The van der Waals surface area contributed by atoms with Gasteiger partial charge in [-0.2, -0.15) is 11.3 Å². The van der Waals surface area contributed by atoms with Gasteiger partial charge in [0.1, 0.15) is 12.4 Å². The molecule has 3 aromatic rings. The van der Waals surface area contributed by atoms with Crippen LogP contribution < -0.4 is 5.56 Å². The van der Waals surface area contributed by atoms with Gasteiger partial charge < -0.3 is 9.72 Å². The molecule has 106 valence electrons. The topological polar surface area (TPSA) is 72.0 Å². The van der Waals surface area contributed by atoms with E-state index in [4.69, 9.17) is 16.3 Å². The molecule has 0 saturated heterocycles. The van der Waals surface area contributed by atoms with Crippen LogP contribution in [0.25, 0.3) is 10.9 Å². The monoisotopic (exact) mass is 320 g/mol. The van der Waals surface area contributed by atoms with Gasteiger partial charge in [-0.1, -0.05) is 11.6 Å². The van der Waals surface area contributed by atoms with Gasteiger partial charge in [-0.05, 0) is 29.6 Å². The van der Waals surface area contributed by atoms with Gasteiger partial charge in [-0.3, -0.25) is 4.79 Å². The maximum absolute atomic E-state index is 11.9. The third-order valence-electron chi connectivity index (χ3n) is 2.81. The Morgan fingerprint density at radius 2 is 2.24 bits per heavy atom. The van der Waals surface area contributed by atoms with Crippen LogP contribution in [0.1, 0.15) is 16.2 Å². The number of ether oxygens (including phenoxy) is 1. The van der Waals surface area contributed by atoms with Crippen molar-refractivity contribution < 1.29 is 9.53 Å². The van der Waals surface area contributed by atoms with Gasteiger partial charge in [-0.15, -0.1) is 0 Å². The van der Waals surface area contributed by atoms with Crippen LogP contribution in [0.15, 0.2) is 39.8 Å².